The van der Waals surface area contributed by atoms with E-state index < -0.39 is 0 Å². The molecular formula is C16H17FN4O. The van der Waals surface area contributed by atoms with Crippen LogP contribution in [0.25, 0.3) is 10.9 Å². The van der Waals surface area contributed by atoms with Crippen molar-refractivity contribution in [2.24, 2.45) is 0 Å². The van der Waals surface area contributed by atoms with E-state index in [-0.39, 0.29) is 17.8 Å². The average molecular weight is 300 g/mol. The first kappa shape index (κ1) is 14.3. The first-order valence-electron chi connectivity index (χ1n) is 7.06. The van der Waals surface area contributed by atoms with Crippen molar-refractivity contribution in [1.29, 1.82) is 0 Å². The zero-order valence-corrected chi connectivity index (χ0v) is 12.6. The Kier molecular flexibility index (Phi) is 3.44. The Morgan fingerprint density at radius 2 is 2.09 bits per heavy atom. The lowest BCUT2D eigenvalue weighted by molar-refractivity contribution is 0.0933. The smallest absolute Gasteiger partial charge is 0.268 e. The van der Waals surface area contributed by atoms with Crippen LogP contribution in [0.4, 0.5) is 4.39 Å². The van der Waals surface area contributed by atoms with Crippen LogP contribution >= 0.6 is 0 Å². The van der Waals surface area contributed by atoms with Crippen LogP contribution < -0.4 is 5.32 Å². The highest BCUT2D eigenvalue weighted by molar-refractivity contribution is 6.01. The first-order valence-corrected chi connectivity index (χ1v) is 7.06. The van der Waals surface area contributed by atoms with Crippen LogP contribution in [0.2, 0.25) is 0 Å². The van der Waals surface area contributed by atoms with Gasteiger partial charge in [-0.3, -0.25) is 4.79 Å². The average Bonchev–Trinajstić information content (AvgIpc) is 3.04. The summed E-state index contributed by atoms with van der Waals surface area (Å²) in [7, 11) is 0. The van der Waals surface area contributed by atoms with Gasteiger partial charge in [0.2, 0.25) is 0 Å². The molecule has 1 amide bonds. The maximum Gasteiger partial charge on any atom is 0.268 e. The van der Waals surface area contributed by atoms with Gasteiger partial charge in [-0.05, 0) is 44.5 Å². The van der Waals surface area contributed by atoms with Crippen molar-refractivity contribution in [2.45, 2.75) is 26.8 Å². The molecule has 0 aliphatic rings. The van der Waals surface area contributed by atoms with Crippen LogP contribution in [-0.4, -0.2) is 20.9 Å². The molecule has 0 saturated carbocycles. The van der Waals surface area contributed by atoms with E-state index in [4.69, 9.17) is 0 Å². The molecule has 2 aromatic heterocycles. The standard InChI is InChI=1S/C16H17FN4O/c1-8-7-18-15(19-8)10(3)20-16(22)14-9(2)12-6-11(17)4-5-13(12)21-14/h4-7,10,21H,1-3H3,(H,18,19)(H,20,22). The Morgan fingerprint density at radius 1 is 1.32 bits per heavy atom. The number of hydrogen-bond donors (Lipinski definition) is 3. The normalized spacial score (nSPS) is 12.5. The molecule has 0 fully saturated rings. The molecular weight excluding hydrogens is 283 g/mol. The van der Waals surface area contributed by atoms with Crippen LogP contribution in [0.1, 0.15) is 40.5 Å². The van der Waals surface area contributed by atoms with Crippen molar-refractivity contribution >= 4 is 16.8 Å². The van der Waals surface area contributed by atoms with Crippen LogP contribution in [-0.2, 0) is 0 Å². The molecule has 0 radical (unpaired) electrons. The molecule has 5 nitrogen and oxygen atoms in total. The quantitative estimate of drug-likeness (QED) is 0.695. The number of imidazole rings is 1. The fraction of sp³-hybridized carbons (Fsp3) is 0.250. The lowest BCUT2D eigenvalue weighted by Crippen LogP contribution is -2.28. The zero-order chi connectivity index (χ0) is 15.9. The zero-order valence-electron chi connectivity index (χ0n) is 12.6. The molecule has 1 aromatic carbocycles. The number of H-pyrrole nitrogens is 2. The van der Waals surface area contributed by atoms with Crippen molar-refractivity contribution in [3.8, 4) is 0 Å². The van der Waals surface area contributed by atoms with Gasteiger partial charge in [-0.2, -0.15) is 0 Å². The van der Waals surface area contributed by atoms with Gasteiger partial charge >= 0.3 is 0 Å². The number of amides is 1. The predicted molar refractivity (Wildman–Crippen MR) is 82.2 cm³/mol. The second-order valence-electron chi connectivity index (χ2n) is 5.46. The monoisotopic (exact) mass is 300 g/mol. The van der Waals surface area contributed by atoms with Crippen LogP contribution in [0.5, 0.6) is 0 Å². The van der Waals surface area contributed by atoms with E-state index >= 15 is 0 Å². The second-order valence-corrected chi connectivity index (χ2v) is 5.46. The predicted octanol–water partition coefficient (Wildman–Crippen LogP) is 3.14. The Balaban J connectivity index is 1.87. The van der Waals surface area contributed by atoms with Gasteiger partial charge in [0.05, 0.1) is 6.04 Å². The number of aromatic amines is 2. The number of aryl methyl sites for hydroxylation is 2. The maximum absolute atomic E-state index is 13.3. The molecule has 22 heavy (non-hydrogen) atoms. The molecule has 1 atom stereocenters. The Morgan fingerprint density at radius 3 is 2.77 bits per heavy atom. The highest BCUT2D eigenvalue weighted by Gasteiger charge is 2.18. The van der Waals surface area contributed by atoms with Gasteiger partial charge in [0.25, 0.3) is 5.91 Å². The van der Waals surface area contributed by atoms with Crippen LogP contribution in [0.3, 0.4) is 0 Å². The van der Waals surface area contributed by atoms with E-state index in [0.717, 1.165) is 16.8 Å². The van der Waals surface area contributed by atoms with Gasteiger partial charge in [-0.1, -0.05) is 0 Å². The summed E-state index contributed by atoms with van der Waals surface area (Å²) >= 11 is 0. The number of halogens is 1. The third-order valence-electron chi connectivity index (χ3n) is 3.73. The summed E-state index contributed by atoms with van der Waals surface area (Å²) in [6.07, 6.45) is 1.72. The number of hydrogen-bond acceptors (Lipinski definition) is 2. The first-order chi connectivity index (χ1) is 10.5. The number of carbonyl (C=O) groups excluding carboxylic acids is 1. The number of nitrogens with zero attached hydrogens (tertiary/aromatic N) is 1. The second kappa shape index (κ2) is 5.29. The molecule has 1 unspecified atom stereocenters. The Labute approximate surface area is 127 Å². The van der Waals surface area contributed by atoms with E-state index in [1.807, 2.05) is 13.8 Å². The SMILES string of the molecule is Cc1cnc(C(C)NC(=O)c2[nH]c3ccc(F)cc3c2C)[nH]1. The fourth-order valence-electron chi connectivity index (χ4n) is 2.52. The molecule has 2 heterocycles. The largest absolute Gasteiger partial charge is 0.350 e. The Bertz CT molecular complexity index is 849. The van der Waals surface area contributed by atoms with Gasteiger partial charge in [0.1, 0.15) is 17.3 Å². The number of rotatable bonds is 3. The van der Waals surface area contributed by atoms with E-state index in [2.05, 4.69) is 20.3 Å². The summed E-state index contributed by atoms with van der Waals surface area (Å²) < 4.78 is 13.3. The Hall–Kier alpha value is -2.63. The van der Waals surface area contributed by atoms with E-state index in [1.165, 1.54) is 12.1 Å². The molecule has 114 valence electrons. The summed E-state index contributed by atoms with van der Waals surface area (Å²) in [5.74, 6) is 0.141. The van der Waals surface area contributed by atoms with Gasteiger partial charge in [-0.25, -0.2) is 9.37 Å². The summed E-state index contributed by atoms with van der Waals surface area (Å²) in [6, 6.07) is 4.18. The van der Waals surface area contributed by atoms with Crippen molar-refractivity contribution < 1.29 is 9.18 Å². The van der Waals surface area contributed by atoms with E-state index in [1.54, 1.807) is 19.2 Å². The lowest BCUT2D eigenvalue weighted by atomic mass is 10.1. The third kappa shape index (κ3) is 2.47. The van der Waals surface area contributed by atoms with Gasteiger partial charge < -0.3 is 15.3 Å². The molecule has 3 N–H and O–H groups in total. The van der Waals surface area contributed by atoms with Gasteiger partial charge in [0.15, 0.2) is 0 Å². The number of fused-ring (bicyclic) bond motifs is 1. The van der Waals surface area contributed by atoms with Crippen molar-refractivity contribution in [2.75, 3.05) is 0 Å². The fourth-order valence-corrected chi connectivity index (χ4v) is 2.52. The van der Waals surface area contributed by atoms with Gasteiger partial charge in [0, 0.05) is 22.8 Å². The van der Waals surface area contributed by atoms with Gasteiger partial charge in [-0.15, -0.1) is 0 Å². The molecule has 0 bridgehead atoms. The molecule has 3 aromatic rings. The summed E-state index contributed by atoms with van der Waals surface area (Å²) in [5.41, 5.74) is 2.85. The lowest BCUT2D eigenvalue weighted by Gasteiger charge is -2.11. The summed E-state index contributed by atoms with van der Waals surface area (Å²) in [6.45, 7) is 5.56. The maximum atomic E-state index is 13.3. The highest BCUT2D eigenvalue weighted by atomic mass is 19.1. The van der Waals surface area contributed by atoms with Crippen molar-refractivity contribution in [3.05, 3.63) is 53.0 Å². The minimum absolute atomic E-state index is 0.240. The molecule has 6 heteroatoms. The summed E-state index contributed by atoms with van der Waals surface area (Å²) in [4.78, 5) is 22.8. The number of benzene rings is 1. The van der Waals surface area contributed by atoms with E-state index in [0.29, 0.717) is 16.9 Å². The molecule has 3 rings (SSSR count). The minimum atomic E-state index is -0.319. The topological polar surface area (TPSA) is 73.6 Å². The number of nitrogens with one attached hydrogen (secondary N) is 3. The van der Waals surface area contributed by atoms with Crippen LogP contribution in [0, 0.1) is 19.7 Å². The summed E-state index contributed by atoms with van der Waals surface area (Å²) in [5, 5.41) is 3.60. The number of aromatic nitrogens is 3. The van der Waals surface area contributed by atoms with E-state index in [9.17, 15) is 9.18 Å². The molecule has 0 aliphatic carbocycles. The third-order valence-corrected chi connectivity index (χ3v) is 3.73. The molecule has 0 spiro atoms. The minimum Gasteiger partial charge on any atom is -0.350 e. The highest BCUT2D eigenvalue weighted by Crippen LogP contribution is 2.23. The molecule has 0 aliphatic heterocycles. The van der Waals surface area contributed by atoms with Crippen LogP contribution in [0.15, 0.2) is 24.4 Å². The molecule has 0 saturated heterocycles. The number of carbonyl (C=O) groups is 1. The van der Waals surface area contributed by atoms with Crippen molar-refractivity contribution in [3.63, 3.8) is 0 Å². The van der Waals surface area contributed by atoms with Crippen molar-refractivity contribution in [1.82, 2.24) is 20.3 Å².